The maximum atomic E-state index is 5.42. The maximum absolute atomic E-state index is 5.42. The average Bonchev–Trinajstić information content (AvgIpc) is 2.16. The van der Waals surface area contributed by atoms with Crippen LogP contribution in [0.1, 0.15) is 26.2 Å². The van der Waals surface area contributed by atoms with Gasteiger partial charge >= 0.3 is 0 Å². The third-order valence-corrected chi connectivity index (χ3v) is 2.41. The number of ether oxygens (including phenoxy) is 1. The molecule has 0 radical (unpaired) electrons. The Labute approximate surface area is 92.6 Å². The van der Waals surface area contributed by atoms with Gasteiger partial charge in [0.1, 0.15) is 0 Å². The summed E-state index contributed by atoms with van der Waals surface area (Å²) in [4.78, 5) is 3.01. The van der Waals surface area contributed by atoms with Gasteiger partial charge in [-0.2, -0.15) is 0 Å². The van der Waals surface area contributed by atoms with Gasteiger partial charge in [-0.25, -0.2) is 0 Å². The fraction of sp³-hybridized carbons (Fsp3) is 0.900. The van der Waals surface area contributed by atoms with Gasteiger partial charge in [0.25, 0.3) is 0 Å². The van der Waals surface area contributed by atoms with Gasteiger partial charge in [-0.3, -0.25) is 0 Å². The minimum absolute atomic E-state index is 0.630. The molecule has 2 N–H and O–H groups in total. The zero-order valence-electron chi connectivity index (χ0n) is 9.29. The van der Waals surface area contributed by atoms with Crippen LogP contribution >= 0.6 is 12.2 Å². The van der Waals surface area contributed by atoms with Crippen molar-refractivity contribution in [3.63, 3.8) is 0 Å². The summed E-state index contributed by atoms with van der Waals surface area (Å²) < 4.78 is 5.04. The minimum Gasteiger partial charge on any atom is -0.393 e. The first-order valence-corrected chi connectivity index (χ1v) is 5.61. The van der Waals surface area contributed by atoms with E-state index in [1.54, 1.807) is 7.11 Å². The van der Waals surface area contributed by atoms with E-state index < -0.39 is 0 Å². The summed E-state index contributed by atoms with van der Waals surface area (Å²) in [6.45, 7) is 6.19. The molecule has 0 saturated carbocycles. The molecule has 3 nitrogen and oxygen atoms in total. The summed E-state index contributed by atoms with van der Waals surface area (Å²) in [5, 5.41) is 0. The minimum atomic E-state index is 0.630. The van der Waals surface area contributed by atoms with Gasteiger partial charge in [0.15, 0.2) is 0 Å². The van der Waals surface area contributed by atoms with E-state index in [0.29, 0.717) is 4.99 Å². The number of likely N-dealkylation sites (N-methyl/N-ethyl adjacent to an activating group) is 1. The van der Waals surface area contributed by atoms with Gasteiger partial charge in [0.2, 0.25) is 0 Å². The van der Waals surface area contributed by atoms with Crippen LogP contribution in [0.2, 0.25) is 0 Å². The number of hydrogen-bond donors (Lipinski definition) is 1. The zero-order chi connectivity index (χ0) is 10.8. The Hall–Kier alpha value is -0.190. The van der Waals surface area contributed by atoms with E-state index in [0.717, 1.165) is 45.5 Å². The quantitative estimate of drug-likeness (QED) is 0.469. The molecule has 0 unspecified atom stereocenters. The normalized spacial score (nSPS) is 10.8. The van der Waals surface area contributed by atoms with Crippen LogP contribution in [-0.2, 0) is 4.74 Å². The van der Waals surface area contributed by atoms with Crippen LogP contribution in [0.3, 0.4) is 0 Å². The monoisotopic (exact) mass is 218 g/mol. The number of nitrogens with two attached hydrogens (primary N) is 1. The van der Waals surface area contributed by atoms with Crippen molar-refractivity contribution in [3.05, 3.63) is 0 Å². The third kappa shape index (κ3) is 8.41. The van der Waals surface area contributed by atoms with Crippen LogP contribution in [0.25, 0.3) is 0 Å². The second-order valence-corrected chi connectivity index (χ2v) is 3.87. The first-order chi connectivity index (χ1) is 6.70. The van der Waals surface area contributed by atoms with Crippen molar-refractivity contribution in [2.75, 3.05) is 33.4 Å². The largest absolute Gasteiger partial charge is 0.393 e. The Kier molecular flexibility index (Phi) is 9.24. The molecule has 0 aliphatic rings. The molecule has 0 amide bonds. The Bertz CT molecular complexity index is 153. The Balaban J connectivity index is 3.37. The third-order valence-electron chi connectivity index (χ3n) is 2.21. The van der Waals surface area contributed by atoms with Gasteiger partial charge in [-0.05, 0) is 32.4 Å². The van der Waals surface area contributed by atoms with E-state index >= 15 is 0 Å². The molecule has 0 aliphatic carbocycles. The molecule has 0 atom stereocenters. The van der Waals surface area contributed by atoms with Crippen LogP contribution in [-0.4, -0.2) is 43.2 Å². The zero-order valence-corrected chi connectivity index (χ0v) is 10.1. The van der Waals surface area contributed by atoms with Crippen molar-refractivity contribution in [1.29, 1.82) is 0 Å². The summed E-state index contributed by atoms with van der Waals surface area (Å²) in [6.07, 6.45) is 3.13. The fourth-order valence-corrected chi connectivity index (χ4v) is 1.43. The molecule has 0 aromatic rings. The Morgan fingerprint density at radius 1 is 1.36 bits per heavy atom. The van der Waals surface area contributed by atoms with Crippen molar-refractivity contribution in [1.82, 2.24) is 4.90 Å². The van der Waals surface area contributed by atoms with E-state index in [9.17, 15) is 0 Å². The molecule has 0 bridgehead atoms. The number of methoxy groups -OCH3 is 1. The lowest BCUT2D eigenvalue weighted by Gasteiger charge is -2.19. The molecule has 4 heteroatoms. The Morgan fingerprint density at radius 3 is 2.57 bits per heavy atom. The van der Waals surface area contributed by atoms with Crippen LogP contribution in [0.15, 0.2) is 0 Å². The molecule has 14 heavy (non-hydrogen) atoms. The highest BCUT2D eigenvalue weighted by Gasteiger charge is 2.01. The summed E-state index contributed by atoms with van der Waals surface area (Å²) >= 11 is 4.82. The predicted molar refractivity (Wildman–Crippen MR) is 64.6 cm³/mol. The highest BCUT2D eigenvalue weighted by atomic mass is 32.1. The van der Waals surface area contributed by atoms with E-state index in [2.05, 4.69) is 11.8 Å². The molecule has 0 fully saturated rings. The number of unbranched alkanes of at least 4 members (excludes halogenated alkanes) is 1. The van der Waals surface area contributed by atoms with Gasteiger partial charge in [-0.1, -0.05) is 19.1 Å². The lowest BCUT2D eigenvalue weighted by atomic mass is 10.2. The number of rotatable bonds is 9. The van der Waals surface area contributed by atoms with Gasteiger partial charge in [0, 0.05) is 13.7 Å². The number of thiocarbonyl (C=S) groups is 1. The summed E-state index contributed by atoms with van der Waals surface area (Å²) in [6, 6.07) is 0. The molecule has 0 aliphatic heterocycles. The van der Waals surface area contributed by atoms with Crippen LogP contribution in [0, 0.1) is 0 Å². The van der Waals surface area contributed by atoms with Gasteiger partial charge in [-0.15, -0.1) is 0 Å². The highest BCUT2D eigenvalue weighted by molar-refractivity contribution is 7.80. The molecule has 0 spiro atoms. The van der Waals surface area contributed by atoms with Crippen molar-refractivity contribution in [2.24, 2.45) is 5.73 Å². The highest BCUT2D eigenvalue weighted by Crippen LogP contribution is 1.99. The maximum Gasteiger partial charge on any atom is 0.0727 e. The topological polar surface area (TPSA) is 38.5 Å². The lowest BCUT2D eigenvalue weighted by molar-refractivity contribution is 0.150. The number of hydrogen-bond acceptors (Lipinski definition) is 3. The molecular formula is C10H22N2OS. The lowest BCUT2D eigenvalue weighted by Crippen LogP contribution is -2.28. The van der Waals surface area contributed by atoms with Crippen LogP contribution in [0.5, 0.6) is 0 Å². The first-order valence-electron chi connectivity index (χ1n) is 5.20. The average molecular weight is 218 g/mol. The summed E-state index contributed by atoms with van der Waals surface area (Å²) in [5.41, 5.74) is 5.42. The van der Waals surface area contributed by atoms with Crippen molar-refractivity contribution < 1.29 is 4.74 Å². The standard InChI is InChI=1S/C10H22N2OS/c1-3-12(8-9-13-2)7-5-4-6-10(11)14/h3-9H2,1-2H3,(H2,11,14). The van der Waals surface area contributed by atoms with E-state index in [4.69, 9.17) is 22.7 Å². The van der Waals surface area contributed by atoms with Crippen LogP contribution < -0.4 is 5.73 Å². The fourth-order valence-electron chi connectivity index (χ4n) is 1.28. The Morgan fingerprint density at radius 2 is 2.07 bits per heavy atom. The first kappa shape index (κ1) is 13.8. The van der Waals surface area contributed by atoms with Crippen molar-refractivity contribution in [2.45, 2.75) is 26.2 Å². The van der Waals surface area contributed by atoms with Crippen molar-refractivity contribution >= 4 is 17.2 Å². The van der Waals surface area contributed by atoms with Crippen LogP contribution in [0.4, 0.5) is 0 Å². The summed E-state index contributed by atoms with van der Waals surface area (Å²) in [7, 11) is 1.74. The molecule has 0 saturated heterocycles. The van der Waals surface area contributed by atoms with E-state index in [1.165, 1.54) is 0 Å². The molecule has 0 aromatic heterocycles. The van der Waals surface area contributed by atoms with E-state index in [-0.39, 0.29) is 0 Å². The second-order valence-electron chi connectivity index (χ2n) is 3.35. The SMILES string of the molecule is CCN(CCCCC(N)=S)CCOC. The smallest absolute Gasteiger partial charge is 0.0727 e. The predicted octanol–water partition coefficient (Wildman–Crippen LogP) is 1.41. The van der Waals surface area contributed by atoms with Gasteiger partial charge in [0.05, 0.1) is 11.6 Å². The summed E-state index contributed by atoms with van der Waals surface area (Å²) in [5.74, 6) is 0. The molecule has 0 rings (SSSR count). The van der Waals surface area contributed by atoms with E-state index in [1.807, 2.05) is 0 Å². The second kappa shape index (κ2) is 9.37. The van der Waals surface area contributed by atoms with Gasteiger partial charge < -0.3 is 15.4 Å². The molecular weight excluding hydrogens is 196 g/mol. The molecule has 0 aromatic carbocycles. The molecule has 0 heterocycles. The molecule has 84 valence electrons. The van der Waals surface area contributed by atoms with Crippen molar-refractivity contribution in [3.8, 4) is 0 Å². The number of nitrogens with zero attached hydrogens (tertiary/aromatic N) is 1.